The molecule has 0 radical (unpaired) electrons. The fraction of sp³-hybridized carbons (Fsp3) is 0.600. The van der Waals surface area contributed by atoms with E-state index in [-0.39, 0.29) is 0 Å². The van der Waals surface area contributed by atoms with Gasteiger partial charge in [0.2, 0.25) is 0 Å². The van der Waals surface area contributed by atoms with Gasteiger partial charge < -0.3 is 10.2 Å². The van der Waals surface area contributed by atoms with E-state index in [0.29, 0.717) is 0 Å². The molecular weight excluding hydrogens is 288 g/mol. The van der Waals surface area contributed by atoms with Gasteiger partial charge in [0.25, 0.3) is 0 Å². The third-order valence-electron chi connectivity index (χ3n) is 2.97. The summed E-state index contributed by atoms with van der Waals surface area (Å²) in [6, 6.07) is 8.52. The molecule has 0 bridgehead atoms. The van der Waals surface area contributed by atoms with Crippen LogP contribution in [-0.2, 0) is 6.54 Å². The molecule has 0 spiro atoms. The van der Waals surface area contributed by atoms with E-state index in [9.17, 15) is 0 Å². The molecular formula is C15H25BrN2. The molecule has 0 fully saturated rings. The molecule has 0 saturated carbocycles. The largest absolute Gasteiger partial charge is 0.315 e. The van der Waals surface area contributed by atoms with E-state index in [2.05, 4.69) is 64.4 Å². The summed E-state index contributed by atoms with van der Waals surface area (Å²) >= 11 is 3.51. The Labute approximate surface area is 120 Å². The minimum absolute atomic E-state index is 1.01. The standard InChI is InChI=1S/C15H25BrN2/c1-3-4-5-9-17-10-11-18(2)13-14-7-6-8-15(16)12-14/h6-8,12,17H,3-5,9-11,13H2,1-2H3. The Morgan fingerprint density at radius 2 is 2.06 bits per heavy atom. The second kappa shape index (κ2) is 9.54. The van der Waals surface area contributed by atoms with Crippen molar-refractivity contribution in [2.75, 3.05) is 26.7 Å². The van der Waals surface area contributed by atoms with Crippen molar-refractivity contribution in [1.82, 2.24) is 10.2 Å². The SMILES string of the molecule is CCCCCNCCN(C)Cc1cccc(Br)c1. The fourth-order valence-corrected chi connectivity index (χ4v) is 2.37. The molecule has 18 heavy (non-hydrogen) atoms. The molecule has 0 aliphatic carbocycles. The zero-order valence-corrected chi connectivity index (χ0v) is 13.2. The lowest BCUT2D eigenvalue weighted by Crippen LogP contribution is -2.29. The van der Waals surface area contributed by atoms with Crippen LogP contribution in [0.3, 0.4) is 0 Å². The van der Waals surface area contributed by atoms with Gasteiger partial charge in [-0.1, -0.05) is 47.8 Å². The van der Waals surface area contributed by atoms with Crippen LogP contribution in [0.4, 0.5) is 0 Å². The smallest absolute Gasteiger partial charge is 0.0231 e. The van der Waals surface area contributed by atoms with E-state index < -0.39 is 0 Å². The molecule has 0 atom stereocenters. The van der Waals surface area contributed by atoms with Gasteiger partial charge in [-0.15, -0.1) is 0 Å². The summed E-state index contributed by atoms with van der Waals surface area (Å²) < 4.78 is 1.16. The highest BCUT2D eigenvalue weighted by atomic mass is 79.9. The van der Waals surface area contributed by atoms with Crippen molar-refractivity contribution in [2.45, 2.75) is 32.7 Å². The van der Waals surface area contributed by atoms with Crippen LogP contribution in [0.15, 0.2) is 28.7 Å². The van der Waals surface area contributed by atoms with Gasteiger partial charge in [-0.3, -0.25) is 0 Å². The fourth-order valence-electron chi connectivity index (χ4n) is 1.92. The number of benzene rings is 1. The van der Waals surface area contributed by atoms with Crippen LogP contribution in [0, 0.1) is 0 Å². The zero-order chi connectivity index (χ0) is 13.2. The van der Waals surface area contributed by atoms with Crippen LogP contribution < -0.4 is 5.32 Å². The van der Waals surface area contributed by atoms with Gasteiger partial charge in [0.15, 0.2) is 0 Å². The summed E-state index contributed by atoms with van der Waals surface area (Å²) in [6.45, 7) is 6.58. The van der Waals surface area contributed by atoms with Gasteiger partial charge in [-0.25, -0.2) is 0 Å². The Balaban J connectivity index is 2.12. The molecule has 0 saturated heterocycles. The van der Waals surface area contributed by atoms with Gasteiger partial charge >= 0.3 is 0 Å². The van der Waals surface area contributed by atoms with E-state index in [1.807, 2.05) is 0 Å². The molecule has 1 aromatic carbocycles. The molecule has 0 heterocycles. The molecule has 0 aliphatic rings. The quantitative estimate of drug-likeness (QED) is 0.700. The van der Waals surface area contributed by atoms with Crippen molar-refractivity contribution in [3.05, 3.63) is 34.3 Å². The Bertz CT molecular complexity index is 328. The number of halogens is 1. The summed E-state index contributed by atoms with van der Waals surface area (Å²) in [5.74, 6) is 0. The maximum Gasteiger partial charge on any atom is 0.0231 e. The number of hydrogen-bond acceptors (Lipinski definition) is 2. The normalized spacial score (nSPS) is 11.1. The minimum atomic E-state index is 1.01. The Morgan fingerprint density at radius 1 is 1.22 bits per heavy atom. The van der Waals surface area contributed by atoms with E-state index in [4.69, 9.17) is 0 Å². The molecule has 0 unspecified atom stereocenters. The molecule has 1 rings (SSSR count). The average molecular weight is 313 g/mol. The van der Waals surface area contributed by atoms with Crippen LogP contribution in [0.2, 0.25) is 0 Å². The minimum Gasteiger partial charge on any atom is -0.315 e. The summed E-state index contributed by atoms with van der Waals surface area (Å²) in [5, 5.41) is 3.50. The van der Waals surface area contributed by atoms with E-state index >= 15 is 0 Å². The molecule has 0 amide bonds. The molecule has 102 valence electrons. The highest BCUT2D eigenvalue weighted by molar-refractivity contribution is 9.10. The highest BCUT2D eigenvalue weighted by Gasteiger charge is 2.00. The van der Waals surface area contributed by atoms with Crippen molar-refractivity contribution in [3.63, 3.8) is 0 Å². The first-order valence-corrected chi connectivity index (χ1v) is 7.65. The second-order valence-corrected chi connectivity index (χ2v) is 5.74. The van der Waals surface area contributed by atoms with E-state index in [1.165, 1.54) is 24.8 Å². The third-order valence-corrected chi connectivity index (χ3v) is 3.46. The van der Waals surface area contributed by atoms with Gasteiger partial charge in [-0.2, -0.15) is 0 Å². The lowest BCUT2D eigenvalue weighted by Gasteiger charge is -2.17. The second-order valence-electron chi connectivity index (χ2n) is 4.82. The summed E-state index contributed by atoms with van der Waals surface area (Å²) in [6.07, 6.45) is 3.93. The predicted octanol–water partition coefficient (Wildman–Crippen LogP) is 3.66. The molecule has 0 aromatic heterocycles. The molecule has 2 nitrogen and oxygen atoms in total. The molecule has 0 aliphatic heterocycles. The number of rotatable bonds is 9. The maximum absolute atomic E-state index is 3.51. The predicted molar refractivity (Wildman–Crippen MR) is 82.9 cm³/mol. The van der Waals surface area contributed by atoms with Crippen LogP contribution in [-0.4, -0.2) is 31.6 Å². The van der Waals surface area contributed by atoms with Crippen LogP contribution in [0.1, 0.15) is 31.7 Å². The van der Waals surface area contributed by atoms with E-state index in [1.54, 1.807) is 0 Å². The van der Waals surface area contributed by atoms with Gasteiger partial charge in [0.1, 0.15) is 0 Å². The van der Waals surface area contributed by atoms with Crippen molar-refractivity contribution in [1.29, 1.82) is 0 Å². The lowest BCUT2D eigenvalue weighted by atomic mass is 10.2. The number of nitrogens with one attached hydrogen (secondary N) is 1. The Hall–Kier alpha value is -0.380. The molecule has 1 N–H and O–H groups in total. The summed E-state index contributed by atoms with van der Waals surface area (Å²) in [5.41, 5.74) is 1.36. The first-order valence-electron chi connectivity index (χ1n) is 6.86. The van der Waals surface area contributed by atoms with Crippen LogP contribution >= 0.6 is 15.9 Å². The lowest BCUT2D eigenvalue weighted by molar-refractivity contribution is 0.324. The highest BCUT2D eigenvalue weighted by Crippen LogP contribution is 2.12. The average Bonchev–Trinajstić information content (AvgIpc) is 2.33. The van der Waals surface area contributed by atoms with Crippen molar-refractivity contribution >= 4 is 15.9 Å². The number of unbranched alkanes of at least 4 members (excludes halogenated alkanes) is 2. The first kappa shape index (κ1) is 15.7. The van der Waals surface area contributed by atoms with E-state index in [0.717, 1.165) is 30.7 Å². The van der Waals surface area contributed by atoms with Gasteiger partial charge in [-0.05, 0) is 37.7 Å². The summed E-state index contributed by atoms with van der Waals surface area (Å²) in [7, 11) is 2.18. The monoisotopic (exact) mass is 312 g/mol. The van der Waals surface area contributed by atoms with Crippen molar-refractivity contribution in [3.8, 4) is 0 Å². The van der Waals surface area contributed by atoms with Gasteiger partial charge in [0, 0.05) is 24.1 Å². The zero-order valence-electron chi connectivity index (χ0n) is 11.6. The molecule has 3 heteroatoms. The van der Waals surface area contributed by atoms with Gasteiger partial charge in [0.05, 0.1) is 0 Å². The third kappa shape index (κ3) is 7.14. The first-order chi connectivity index (χ1) is 8.72. The topological polar surface area (TPSA) is 15.3 Å². The van der Waals surface area contributed by atoms with Crippen molar-refractivity contribution < 1.29 is 0 Å². The van der Waals surface area contributed by atoms with Crippen molar-refractivity contribution in [2.24, 2.45) is 0 Å². The Morgan fingerprint density at radius 3 is 2.78 bits per heavy atom. The number of hydrogen-bond donors (Lipinski definition) is 1. The molecule has 1 aromatic rings. The van der Waals surface area contributed by atoms with Crippen LogP contribution in [0.25, 0.3) is 0 Å². The Kier molecular flexibility index (Phi) is 8.31. The summed E-state index contributed by atoms with van der Waals surface area (Å²) in [4.78, 5) is 2.36. The maximum atomic E-state index is 3.51. The van der Waals surface area contributed by atoms with Crippen LogP contribution in [0.5, 0.6) is 0 Å². The number of nitrogens with zero attached hydrogens (tertiary/aromatic N) is 1. The number of likely N-dealkylation sites (N-methyl/N-ethyl adjacent to an activating group) is 1.